The van der Waals surface area contributed by atoms with Gasteiger partial charge in [0.2, 0.25) is 17.7 Å². The number of carboxylic acid groups (broad SMARTS) is 1. The van der Waals surface area contributed by atoms with Gasteiger partial charge in [-0.1, -0.05) is 0 Å². The number of hydrogen-bond acceptors (Lipinski definition) is 23. The second-order valence-electron chi connectivity index (χ2n) is 14.8. The predicted molar refractivity (Wildman–Crippen MR) is 186 cm³/mol. The summed E-state index contributed by atoms with van der Waals surface area (Å²) < 4.78 is 39.4. The number of aliphatic hydroxyl groups excluding tert-OH is 12. The van der Waals surface area contributed by atoms with Crippen molar-refractivity contribution in [3.8, 4) is 0 Å². The molecule has 4 rings (SSSR count). The molecule has 4 saturated heterocycles. The molecule has 27 heteroatoms. The van der Waals surface area contributed by atoms with Crippen molar-refractivity contribution in [2.75, 3.05) is 26.4 Å². The van der Waals surface area contributed by atoms with E-state index in [0.717, 1.165) is 20.8 Å². The standard InChI is InChI=1S/C33H55N3O24/c1-9(40)34-17-12(43)4-33(32(52)53,60-28(17)20(45)13(44)5-37)54-8-16-21(46)24(49)25(50)31(57-16)59-27-15(7-39)56-30(19(23(27)48)36-11(3)42)58-26-14(6-38)55-29(51)18(22(26)47)35-10(2)41/h12-31,37-39,43-51H,4-8H2,1-3H3,(H,34,40)(H,35,41)(H,36,42)(H,52,53)/t12-,13+,14+,15+,16+,17+,18+,19+,20+,21+,22+,23+,24-,25-,26+,27+,28+,29?,30-,31-,33+/m0/s1. The number of aliphatic carboxylic acids is 1. The van der Waals surface area contributed by atoms with Crippen molar-refractivity contribution >= 4 is 23.7 Å². The van der Waals surface area contributed by atoms with Gasteiger partial charge in [0, 0.05) is 27.2 Å². The van der Waals surface area contributed by atoms with Crippen molar-refractivity contribution in [2.45, 2.75) is 155 Å². The van der Waals surface area contributed by atoms with Crippen molar-refractivity contribution in [3.63, 3.8) is 0 Å². The molecule has 3 amide bonds. The molecule has 60 heavy (non-hydrogen) atoms. The molecule has 0 aliphatic carbocycles. The van der Waals surface area contributed by atoms with Crippen LogP contribution in [-0.2, 0) is 52.3 Å². The first kappa shape index (κ1) is 49.8. The first-order valence-electron chi connectivity index (χ1n) is 18.7. The van der Waals surface area contributed by atoms with Crippen LogP contribution >= 0.6 is 0 Å². The van der Waals surface area contributed by atoms with Crippen LogP contribution < -0.4 is 16.0 Å². The first-order valence-corrected chi connectivity index (χ1v) is 18.7. The lowest BCUT2D eigenvalue weighted by Gasteiger charge is -2.49. The molecule has 0 spiro atoms. The molecular formula is C33H55N3O24. The van der Waals surface area contributed by atoms with E-state index in [4.69, 9.17) is 33.2 Å². The van der Waals surface area contributed by atoms with Gasteiger partial charge in [0.05, 0.1) is 38.6 Å². The molecule has 0 aromatic heterocycles. The Balaban J connectivity index is 1.56. The van der Waals surface area contributed by atoms with Crippen LogP contribution in [0.4, 0.5) is 0 Å². The third-order valence-corrected chi connectivity index (χ3v) is 10.4. The zero-order valence-electron chi connectivity index (χ0n) is 32.4. The van der Waals surface area contributed by atoms with Gasteiger partial charge in [0.25, 0.3) is 5.79 Å². The fourth-order valence-corrected chi connectivity index (χ4v) is 7.35. The zero-order valence-corrected chi connectivity index (χ0v) is 32.4. The Hall–Kier alpha value is -2.88. The minimum Gasteiger partial charge on any atom is -0.477 e. The van der Waals surface area contributed by atoms with Gasteiger partial charge < -0.3 is 115 Å². The Labute approximate surface area is 340 Å². The summed E-state index contributed by atoms with van der Waals surface area (Å²) in [7, 11) is 0. The Bertz CT molecular complexity index is 1470. The van der Waals surface area contributed by atoms with Crippen LogP contribution in [0, 0.1) is 0 Å². The maximum absolute atomic E-state index is 12.6. The van der Waals surface area contributed by atoms with Gasteiger partial charge in [0.15, 0.2) is 18.9 Å². The van der Waals surface area contributed by atoms with Crippen LogP contribution in [0.2, 0.25) is 0 Å². The van der Waals surface area contributed by atoms with Crippen molar-refractivity contribution < 1.29 is 119 Å². The lowest BCUT2D eigenvalue weighted by atomic mass is 9.88. The summed E-state index contributed by atoms with van der Waals surface area (Å²) >= 11 is 0. The van der Waals surface area contributed by atoms with Crippen LogP contribution in [0.1, 0.15) is 27.2 Å². The van der Waals surface area contributed by atoms with Gasteiger partial charge in [-0.3, -0.25) is 14.4 Å². The summed E-state index contributed by atoms with van der Waals surface area (Å²) in [4.78, 5) is 48.5. The predicted octanol–water partition coefficient (Wildman–Crippen LogP) is -10.1. The molecule has 1 unspecified atom stereocenters. The van der Waals surface area contributed by atoms with Gasteiger partial charge in [-0.15, -0.1) is 0 Å². The highest BCUT2D eigenvalue weighted by atomic mass is 16.8. The lowest BCUT2D eigenvalue weighted by Crippen LogP contribution is -2.70. The fraction of sp³-hybridized carbons (Fsp3) is 0.879. The van der Waals surface area contributed by atoms with E-state index in [1.807, 2.05) is 0 Å². The smallest absolute Gasteiger partial charge is 0.364 e. The number of aliphatic hydroxyl groups is 12. The van der Waals surface area contributed by atoms with E-state index < -0.39 is 185 Å². The number of ether oxygens (including phenoxy) is 7. The van der Waals surface area contributed by atoms with Gasteiger partial charge in [-0.05, 0) is 0 Å². The summed E-state index contributed by atoms with van der Waals surface area (Å²) in [5, 5.41) is 144. The third-order valence-electron chi connectivity index (χ3n) is 10.4. The Morgan fingerprint density at radius 2 is 1.17 bits per heavy atom. The first-order chi connectivity index (χ1) is 28.1. The molecule has 0 bridgehead atoms. The molecule has 4 fully saturated rings. The number of carboxylic acids is 1. The monoisotopic (exact) mass is 877 g/mol. The Morgan fingerprint density at radius 1 is 0.667 bits per heavy atom. The third kappa shape index (κ3) is 11.0. The van der Waals surface area contributed by atoms with Crippen LogP contribution in [0.15, 0.2) is 0 Å². The van der Waals surface area contributed by atoms with Gasteiger partial charge in [-0.2, -0.15) is 0 Å². The van der Waals surface area contributed by atoms with Crippen molar-refractivity contribution in [1.29, 1.82) is 0 Å². The number of carbonyl (C=O) groups excluding carboxylic acids is 3. The molecule has 0 aromatic carbocycles. The van der Waals surface area contributed by atoms with Gasteiger partial charge in [0.1, 0.15) is 91.4 Å². The van der Waals surface area contributed by atoms with E-state index >= 15 is 0 Å². The Kier molecular flexibility index (Phi) is 17.4. The van der Waals surface area contributed by atoms with E-state index in [1.54, 1.807) is 0 Å². The minimum absolute atomic E-state index is 0.690. The molecule has 4 aliphatic heterocycles. The fourth-order valence-electron chi connectivity index (χ4n) is 7.35. The van der Waals surface area contributed by atoms with E-state index in [2.05, 4.69) is 16.0 Å². The molecule has 16 N–H and O–H groups in total. The van der Waals surface area contributed by atoms with Crippen LogP contribution in [0.25, 0.3) is 0 Å². The normalized spacial score (nSPS) is 43.3. The SMILES string of the molecule is CC(=O)N[C@H]1[C@H](O[C@H]2[C@H](O)[C@@H](NC(C)=O)C(O)O[C@@H]2CO)O[C@H](CO)[C@@H](O[C@@H]2O[C@H](CO[C@]3(C(=O)O)C[C@H](O)[C@@H](NC(C)=O)[C@H]([C@H](O)[C@H](O)CO)O3)[C@@H](O)[C@H](O)[C@@H]2O)[C@@H]1O. The molecule has 4 heterocycles. The second-order valence-corrected chi connectivity index (χ2v) is 14.8. The topological polar surface area (TPSA) is 432 Å². The molecule has 0 radical (unpaired) electrons. The highest BCUT2D eigenvalue weighted by Crippen LogP contribution is 2.36. The summed E-state index contributed by atoms with van der Waals surface area (Å²) in [6.07, 6.45) is -33.0. The molecule has 0 saturated carbocycles. The molecule has 346 valence electrons. The average molecular weight is 878 g/mol. The van der Waals surface area contributed by atoms with E-state index in [-0.39, 0.29) is 0 Å². The zero-order chi connectivity index (χ0) is 45.0. The number of amides is 3. The molecule has 27 nitrogen and oxygen atoms in total. The second kappa shape index (κ2) is 21.0. The summed E-state index contributed by atoms with van der Waals surface area (Å²) in [6.45, 7) is -0.812. The maximum Gasteiger partial charge on any atom is 0.364 e. The quantitative estimate of drug-likeness (QED) is 0.0684. The minimum atomic E-state index is -2.92. The summed E-state index contributed by atoms with van der Waals surface area (Å²) in [5.74, 6) is -7.08. The van der Waals surface area contributed by atoms with Gasteiger partial charge >= 0.3 is 5.97 Å². The van der Waals surface area contributed by atoms with Crippen LogP contribution in [-0.4, -0.2) is 245 Å². The Morgan fingerprint density at radius 3 is 1.70 bits per heavy atom. The van der Waals surface area contributed by atoms with E-state index in [1.165, 1.54) is 0 Å². The highest BCUT2D eigenvalue weighted by molar-refractivity contribution is 5.76. The number of rotatable bonds is 16. The highest BCUT2D eigenvalue weighted by Gasteiger charge is 2.58. The van der Waals surface area contributed by atoms with E-state index in [0.29, 0.717) is 0 Å². The molecule has 21 atom stereocenters. The number of hydrogen-bond donors (Lipinski definition) is 16. The number of nitrogens with one attached hydrogen (secondary N) is 3. The molecule has 0 aromatic rings. The average Bonchev–Trinajstić information content (AvgIpc) is 3.18. The largest absolute Gasteiger partial charge is 0.477 e. The van der Waals surface area contributed by atoms with Crippen molar-refractivity contribution in [2.24, 2.45) is 0 Å². The summed E-state index contributed by atoms with van der Waals surface area (Å²) in [5.41, 5.74) is 0. The van der Waals surface area contributed by atoms with Crippen molar-refractivity contribution in [1.82, 2.24) is 16.0 Å². The lowest BCUT2D eigenvalue weighted by molar-refractivity contribution is -0.367. The van der Waals surface area contributed by atoms with Gasteiger partial charge in [-0.25, -0.2) is 4.79 Å². The summed E-state index contributed by atoms with van der Waals surface area (Å²) in [6, 6.07) is -4.70. The van der Waals surface area contributed by atoms with Crippen LogP contribution in [0.3, 0.4) is 0 Å². The maximum atomic E-state index is 12.6. The van der Waals surface area contributed by atoms with Crippen LogP contribution in [0.5, 0.6) is 0 Å². The van der Waals surface area contributed by atoms with E-state index in [9.17, 15) is 85.6 Å². The number of carbonyl (C=O) groups is 4. The molecule has 4 aliphatic rings. The van der Waals surface area contributed by atoms with Crippen molar-refractivity contribution in [3.05, 3.63) is 0 Å². The molecular weight excluding hydrogens is 822 g/mol.